The Kier molecular flexibility index (Phi) is 5.09. The Morgan fingerprint density at radius 3 is 2.84 bits per heavy atom. The number of nitrogens with zero attached hydrogens (tertiary/aromatic N) is 3. The van der Waals surface area contributed by atoms with Crippen molar-refractivity contribution < 1.29 is 14.7 Å². The van der Waals surface area contributed by atoms with Crippen molar-refractivity contribution >= 4 is 29.3 Å². The van der Waals surface area contributed by atoms with E-state index in [1.54, 1.807) is 6.07 Å². The molecule has 8 heteroatoms. The number of aliphatic carboxylic acids is 1. The van der Waals surface area contributed by atoms with Crippen molar-refractivity contribution in [3.8, 4) is 6.07 Å². The van der Waals surface area contributed by atoms with Crippen molar-refractivity contribution in [2.75, 3.05) is 18.9 Å². The standard InChI is InChI=1S/C11H11ClN4O3/c1-16(3-2-10(17)18)11(19)15-7-4-8(12)9(5-13)14-6-7/h4,6H,2-3H2,1H3,(H,15,19)(H,17,18). The molecule has 1 aromatic rings. The average Bonchev–Trinajstić information content (AvgIpc) is 2.36. The average molecular weight is 283 g/mol. The normalized spacial score (nSPS) is 9.53. The number of pyridine rings is 1. The Morgan fingerprint density at radius 1 is 1.63 bits per heavy atom. The van der Waals surface area contributed by atoms with Gasteiger partial charge in [-0.25, -0.2) is 9.78 Å². The summed E-state index contributed by atoms with van der Waals surface area (Å²) in [6.07, 6.45) is 1.16. The fourth-order valence-corrected chi connectivity index (χ4v) is 1.38. The second-order valence-electron chi connectivity index (χ2n) is 3.66. The number of carboxylic acids is 1. The molecule has 1 heterocycles. The first-order valence-electron chi connectivity index (χ1n) is 5.23. The van der Waals surface area contributed by atoms with Crippen molar-refractivity contribution in [2.24, 2.45) is 0 Å². The van der Waals surface area contributed by atoms with Crippen molar-refractivity contribution in [2.45, 2.75) is 6.42 Å². The highest BCUT2D eigenvalue weighted by Crippen LogP contribution is 2.17. The van der Waals surface area contributed by atoms with E-state index in [2.05, 4.69) is 10.3 Å². The van der Waals surface area contributed by atoms with Crippen LogP contribution in [-0.4, -0.2) is 40.6 Å². The van der Waals surface area contributed by atoms with Crippen molar-refractivity contribution in [3.63, 3.8) is 0 Å². The molecule has 0 bridgehead atoms. The van der Waals surface area contributed by atoms with E-state index in [4.69, 9.17) is 22.0 Å². The van der Waals surface area contributed by atoms with Crippen molar-refractivity contribution in [1.29, 1.82) is 5.26 Å². The summed E-state index contributed by atoms with van der Waals surface area (Å²) >= 11 is 5.77. The number of halogens is 1. The van der Waals surface area contributed by atoms with Gasteiger partial charge in [0.1, 0.15) is 6.07 Å². The minimum Gasteiger partial charge on any atom is -0.481 e. The van der Waals surface area contributed by atoms with Gasteiger partial charge in [0.25, 0.3) is 0 Å². The lowest BCUT2D eigenvalue weighted by molar-refractivity contribution is -0.137. The van der Waals surface area contributed by atoms with Gasteiger partial charge in [-0.3, -0.25) is 4.79 Å². The number of amides is 2. The van der Waals surface area contributed by atoms with Gasteiger partial charge in [-0.2, -0.15) is 5.26 Å². The van der Waals surface area contributed by atoms with Gasteiger partial charge in [0.15, 0.2) is 5.69 Å². The largest absolute Gasteiger partial charge is 0.481 e. The van der Waals surface area contributed by atoms with Crippen LogP contribution in [0.15, 0.2) is 12.3 Å². The molecule has 2 amide bonds. The van der Waals surface area contributed by atoms with Gasteiger partial charge in [0.2, 0.25) is 0 Å². The van der Waals surface area contributed by atoms with E-state index in [1.165, 1.54) is 24.2 Å². The SMILES string of the molecule is CN(CCC(=O)O)C(=O)Nc1cnc(C#N)c(Cl)c1. The molecule has 0 saturated heterocycles. The number of anilines is 1. The van der Waals surface area contributed by atoms with Crippen LogP contribution in [0.2, 0.25) is 5.02 Å². The van der Waals surface area contributed by atoms with E-state index in [0.29, 0.717) is 5.69 Å². The van der Waals surface area contributed by atoms with E-state index >= 15 is 0 Å². The summed E-state index contributed by atoms with van der Waals surface area (Å²) in [5, 5.41) is 19.8. The minimum absolute atomic E-state index is 0.0684. The molecule has 0 fully saturated rings. The lowest BCUT2D eigenvalue weighted by atomic mass is 10.3. The molecular weight excluding hydrogens is 272 g/mol. The summed E-state index contributed by atoms with van der Waals surface area (Å²) in [5.41, 5.74) is 0.398. The number of carboxylic acid groups (broad SMARTS) is 1. The second kappa shape index (κ2) is 6.56. The molecule has 19 heavy (non-hydrogen) atoms. The maximum atomic E-state index is 11.7. The molecule has 0 aromatic carbocycles. The van der Waals surface area contributed by atoms with Gasteiger partial charge < -0.3 is 15.3 Å². The number of nitrogens with one attached hydrogen (secondary N) is 1. The molecular formula is C11H11ClN4O3. The van der Waals surface area contributed by atoms with Gasteiger partial charge in [0, 0.05) is 13.6 Å². The third-order valence-corrected chi connectivity index (χ3v) is 2.49. The highest BCUT2D eigenvalue weighted by molar-refractivity contribution is 6.31. The molecule has 2 N–H and O–H groups in total. The smallest absolute Gasteiger partial charge is 0.321 e. The van der Waals surface area contributed by atoms with Crippen LogP contribution in [0.4, 0.5) is 10.5 Å². The Morgan fingerprint density at radius 2 is 2.32 bits per heavy atom. The Hall–Kier alpha value is -2.33. The van der Waals surface area contributed by atoms with Crippen LogP contribution >= 0.6 is 11.6 Å². The molecule has 7 nitrogen and oxygen atoms in total. The molecule has 1 aromatic heterocycles. The fourth-order valence-electron chi connectivity index (χ4n) is 1.17. The summed E-state index contributed by atoms with van der Waals surface area (Å²) in [7, 11) is 1.47. The van der Waals surface area contributed by atoms with Gasteiger partial charge in [0.05, 0.1) is 23.3 Å². The zero-order chi connectivity index (χ0) is 14.4. The van der Waals surface area contributed by atoms with Crippen LogP contribution in [0.25, 0.3) is 0 Å². The highest BCUT2D eigenvalue weighted by atomic mass is 35.5. The van der Waals surface area contributed by atoms with E-state index < -0.39 is 12.0 Å². The predicted octanol–water partition coefficient (Wildman–Crippen LogP) is 1.55. The summed E-state index contributed by atoms with van der Waals surface area (Å²) in [5.74, 6) is -0.984. The third kappa shape index (κ3) is 4.44. The van der Waals surface area contributed by atoms with Crippen LogP contribution in [0.3, 0.4) is 0 Å². The van der Waals surface area contributed by atoms with Crippen molar-refractivity contribution in [1.82, 2.24) is 9.88 Å². The predicted molar refractivity (Wildman–Crippen MR) is 67.9 cm³/mol. The van der Waals surface area contributed by atoms with Crippen LogP contribution in [0.1, 0.15) is 12.1 Å². The quantitative estimate of drug-likeness (QED) is 0.871. The molecule has 0 aliphatic heterocycles. The number of hydrogen-bond acceptors (Lipinski definition) is 4. The van der Waals surface area contributed by atoms with E-state index in [-0.39, 0.29) is 23.7 Å². The van der Waals surface area contributed by atoms with Crippen molar-refractivity contribution in [3.05, 3.63) is 23.0 Å². The second-order valence-corrected chi connectivity index (χ2v) is 4.07. The topological polar surface area (TPSA) is 106 Å². The van der Waals surface area contributed by atoms with Crippen LogP contribution in [0, 0.1) is 11.3 Å². The lowest BCUT2D eigenvalue weighted by Crippen LogP contribution is -2.33. The fraction of sp³-hybridized carbons (Fsp3) is 0.273. The Balaban J connectivity index is 2.64. The van der Waals surface area contributed by atoms with Crippen LogP contribution in [0.5, 0.6) is 0 Å². The molecule has 0 radical (unpaired) electrons. The number of aromatic nitrogens is 1. The van der Waals surface area contributed by atoms with Gasteiger partial charge >= 0.3 is 12.0 Å². The van der Waals surface area contributed by atoms with Crippen LogP contribution in [-0.2, 0) is 4.79 Å². The number of carbonyl (C=O) groups excluding carboxylic acids is 1. The molecule has 100 valence electrons. The summed E-state index contributed by atoms with van der Waals surface area (Å²) in [6.45, 7) is 0.0820. The van der Waals surface area contributed by atoms with Crippen LogP contribution < -0.4 is 5.32 Å². The molecule has 0 aliphatic rings. The van der Waals surface area contributed by atoms with Gasteiger partial charge in [-0.1, -0.05) is 11.6 Å². The monoisotopic (exact) mass is 282 g/mol. The zero-order valence-corrected chi connectivity index (χ0v) is 10.8. The molecule has 0 saturated carbocycles. The molecule has 0 unspecified atom stereocenters. The Labute approximate surface area is 114 Å². The number of rotatable bonds is 4. The maximum absolute atomic E-state index is 11.7. The molecule has 1 rings (SSSR count). The molecule has 0 atom stereocenters. The van der Waals surface area contributed by atoms with E-state index in [9.17, 15) is 9.59 Å². The van der Waals surface area contributed by atoms with Gasteiger partial charge in [-0.15, -0.1) is 0 Å². The maximum Gasteiger partial charge on any atom is 0.321 e. The summed E-state index contributed by atoms with van der Waals surface area (Å²) in [6, 6.07) is 2.72. The summed E-state index contributed by atoms with van der Waals surface area (Å²) < 4.78 is 0. The highest BCUT2D eigenvalue weighted by Gasteiger charge is 2.11. The van der Waals surface area contributed by atoms with E-state index in [0.717, 1.165) is 0 Å². The Bertz CT molecular complexity index is 541. The zero-order valence-electron chi connectivity index (χ0n) is 10.1. The minimum atomic E-state index is -0.984. The molecule has 0 spiro atoms. The first-order valence-corrected chi connectivity index (χ1v) is 5.61. The summed E-state index contributed by atoms with van der Waals surface area (Å²) in [4.78, 5) is 27.0. The van der Waals surface area contributed by atoms with E-state index in [1.807, 2.05) is 0 Å². The molecule has 0 aliphatic carbocycles. The third-order valence-electron chi connectivity index (χ3n) is 2.21. The lowest BCUT2D eigenvalue weighted by Gasteiger charge is -2.16. The number of nitriles is 1. The number of hydrogen-bond donors (Lipinski definition) is 2. The first-order chi connectivity index (χ1) is 8.93. The number of carbonyl (C=O) groups is 2. The number of urea groups is 1. The first kappa shape index (κ1) is 14.7. The van der Waals surface area contributed by atoms with Gasteiger partial charge in [-0.05, 0) is 6.07 Å².